The van der Waals surface area contributed by atoms with Crippen LogP contribution in [0.1, 0.15) is 412 Å². The van der Waals surface area contributed by atoms with Gasteiger partial charge in [-0.15, -0.1) is 0 Å². The molecule has 0 aliphatic rings. The zero-order valence-corrected chi connectivity index (χ0v) is 66.2. The third kappa shape index (κ3) is 81.6. The number of aliphatic carboxylic acids is 1. The van der Waals surface area contributed by atoms with Crippen molar-refractivity contribution >= 4 is 17.9 Å². The molecule has 0 aromatic rings. The molecule has 2 atom stereocenters. The summed E-state index contributed by atoms with van der Waals surface area (Å²) in [5, 5.41) is 9.79. The Bertz CT molecular complexity index is 1910. The van der Waals surface area contributed by atoms with Crippen molar-refractivity contribution in [2.24, 2.45) is 0 Å². The van der Waals surface area contributed by atoms with Crippen molar-refractivity contribution in [3.8, 4) is 0 Å². The lowest BCUT2D eigenvalue weighted by molar-refractivity contribution is -0.870. The van der Waals surface area contributed by atoms with Gasteiger partial charge in [-0.3, -0.25) is 9.59 Å². The Kier molecular flexibility index (Phi) is 77.3. The Morgan fingerprint density at radius 2 is 0.576 bits per heavy atom. The van der Waals surface area contributed by atoms with Gasteiger partial charge in [0.15, 0.2) is 6.10 Å². The molecular weight excluding hydrogens is 1220 g/mol. The van der Waals surface area contributed by atoms with Crippen LogP contribution in [-0.2, 0) is 33.3 Å². The normalized spacial score (nSPS) is 13.0. The van der Waals surface area contributed by atoms with Gasteiger partial charge in [0, 0.05) is 12.8 Å². The van der Waals surface area contributed by atoms with E-state index in [0.717, 1.165) is 77.0 Å². The lowest BCUT2D eigenvalue weighted by atomic mass is 10.0. The molecule has 0 spiro atoms. The lowest BCUT2D eigenvalue weighted by Crippen LogP contribution is -2.40. The molecule has 0 aliphatic carbocycles. The number of allylic oxidation sites excluding steroid dienone is 14. The van der Waals surface area contributed by atoms with Crippen LogP contribution in [-0.4, -0.2) is 87.4 Å². The summed E-state index contributed by atoms with van der Waals surface area (Å²) in [7, 11) is 6.00. The Balaban J connectivity index is 3.94. The first-order chi connectivity index (χ1) is 48.6. The topological polar surface area (TPSA) is 108 Å². The maximum atomic E-state index is 13.0. The number of unbranched alkanes of at least 4 members (excludes halogenated alkanes) is 51. The molecule has 0 aromatic carbocycles. The summed E-state index contributed by atoms with van der Waals surface area (Å²) in [5.41, 5.74) is 0. The van der Waals surface area contributed by atoms with Crippen LogP contribution in [0.15, 0.2) is 85.1 Å². The van der Waals surface area contributed by atoms with E-state index in [1.165, 1.54) is 308 Å². The van der Waals surface area contributed by atoms with Crippen molar-refractivity contribution in [1.82, 2.24) is 0 Å². The van der Waals surface area contributed by atoms with Crippen LogP contribution in [0.4, 0.5) is 0 Å². The van der Waals surface area contributed by atoms with Crippen LogP contribution >= 0.6 is 0 Å². The van der Waals surface area contributed by atoms with Crippen LogP contribution in [0.5, 0.6) is 0 Å². The van der Waals surface area contributed by atoms with Gasteiger partial charge in [-0.05, 0) is 89.9 Å². The van der Waals surface area contributed by atoms with E-state index >= 15 is 0 Å². The molecule has 1 N–H and O–H groups in total. The number of hydrogen-bond donors (Lipinski definition) is 1. The van der Waals surface area contributed by atoms with Gasteiger partial charge >= 0.3 is 17.9 Å². The van der Waals surface area contributed by atoms with Gasteiger partial charge in [0.05, 0.1) is 34.4 Å². The Hall–Kier alpha value is -3.53. The van der Waals surface area contributed by atoms with Gasteiger partial charge in [-0.2, -0.15) is 0 Å². The number of esters is 2. The van der Waals surface area contributed by atoms with Crippen LogP contribution < -0.4 is 0 Å². The molecule has 0 fully saturated rings. The second-order valence-corrected chi connectivity index (χ2v) is 30.1. The molecular formula is C90H164NO8+. The standard InChI is InChI=1S/C90H163NO8/c1-6-8-10-12-14-16-18-20-22-24-26-28-30-32-34-36-38-40-41-42-43-44-45-46-47-49-51-53-55-57-59-61-63-65-67-69-71-73-75-77-79-81-88(93)99-86(85-98-90(89(94)95)96-83-82-91(3,4)5)84-97-87(92)80-78-76-74-72-70-68-66-64-62-60-58-56-54-52-50-48-39-37-35-33-31-29-27-25-23-21-19-17-15-13-11-9-7-2/h8,10,14,16,20,22,25-28,32,34,38,40,86,90H,6-7,9,11-13,15,17-19,21,23-24,29-31,33,35-37,39,41-85H2,1-5H3/p+1/b10-8-,16-14-,22-20-,27-25-,28-26-,34-32-,40-38-. The van der Waals surface area contributed by atoms with Crippen molar-refractivity contribution in [3.05, 3.63) is 85.1 Å². The van der Waals surface area contributed by atoms with Gasteiger partial charge < -0.3 is 28.5 Å². The molecule has 99 heavy (non-hydrogen) atoms. The molecule has 0 amide bonds. The average Bonchev–Trinajstić information content (AvgIpc) is 2.62. The zero-order chi connectivity index (χ0) is 71.8. The summed E-state index contributed by atoms with van der Waals surface area (Å²) >= 11 is 0. The van der Waals surface area contributed by atoms with Crippen molar-refractivity contribution < 1.29 is 42.9 Å². The second-order valence-electron chi connectivity index (χ2n) is 30.1. The molecule has 0 aromatic heterocycles. The predicted molar refractivity (Wildman–Crippen MR) is 429 cm³/mol. The van der Waals surface area contributed by atoms with E-state index in [-0.39, 0.29) is 38.2 Å². The van der Waals surface area contributed by atoms with Crippen LogP contribution in [0, 0.1) is 0 Å². The smallest absolute Gasteiger partial charge is 0.361 e. The number of hydrogen-bond acceptors (Lipinski definition) is 7. The number of quaternary nitrogens is 1. The van der Waals surface area contributed by atoms with E-state index in [2.05, 4.69) is 98.9 Å². The SMILES string of the molecule is CC/C=C\C/C=C\C/C=C\C/C=C\C/C=C\C/C=C\CCCCCCCCCCCCCCCCCCCCCCCCC(=O)OC(COC(=O)CCCCCCCCCCCCCCCCCCCCCCC/C=C\CCCCCCCCCC)COC(OCC[N+](C)(C)C)C(=O)O. The highest BCUT2D eigenvalue weighted by molar-refractivity contribution is 5.71. The van der Waals surface area contributed by atoms with Crippen molar-refractivity contribution in [2.75, 3.05) is 47.5 Å². The largest absolute Gasteiger partial charge is 0.477 e. The minimum atomic E-state index is -1.51. The molecule has 9 heteroatoms. The van der Waals surface area contributed by atoms with Gasteiger partial charge in [-0.1, -0.05) is 394 Å². The zero-order valence-electron chi connectivity index (χ0n) is 66.2. The maximum absolute atomic E-state index is 13.0. The number of nitrogens with zero attached hydrogens (tertiary/aromatic N) is 1. The quantitative estimate of drug-likeness (QED) is 0.0211. The Morgan fingerprint density at radius 3 is 0.869 bits per heavy atom. The third-order valence-corrected chi connectivity index (χ3v) is 19.1. The fourth-order valence-electron chi connectivity index (χ4n) is 12.7. The first-order valence-electron chi connectivity index (χ1n) is 42.8. The second kappa shape index (κ2) is 80.2. The van der Waals surface area contributed by atoms with Crippen LogP contribution in [0.2, 0.25) is 0 Å². The molecule has 0 bridgehead atoms. The van der Waals surface area contributed by atoms with Gasteiger partial charge in [0.25, 0.3) is 6.29 Å². The van der Waals surface area contributed by atoms with E-state index in [4.69, 9.17) is 18.9 Å². The van der Waals surface area contributed by atoms with Gasteiger partial charge in [0.2, 0.25) is 0 Å². The van der Waals surface area contributed by atoms with E-state index in [1.54, 1.807) is 0 Å². The minimum Gasteiger partial charge on any atom is -0.477 e. The minimum absolute atomic E-state index is 0.177. The van der Waals surface area contributed by atoms with E-state index in [0.29, 0.717) is 17.4 Å². The van der Waals surface area contributed by atoms with Crippen molar-refractivity contribution in [3.63, 3.8) is 0 Å². The Morgan fingerprint density at radius 1 is 0.313 bits per heavy atom. The van der Waals surface area contributed by atoms with Crippen molar-refractivity contribution in [2.45, 2.75) is 424 Å². The summed E-state index contributed by atoms with van der Waals surface area (Å²) in [6.07, 6.45) is 108. The molecule has 0 rings (SSSR count). The monoisotopic (exact) mass is 1390 g/mol. The van der Waals surface area contributed by atoms with Crippen LogP contribution in [0.25, 0.3) is 0 Å². The maximum Gasteiger partial charge on any atom is 0.361 e. The number of carboxylic acids is 1. The lowest BCUT2D eigenvalue weighted by Gasteiger charge is -2.25. The highest BCUT2D eigenvalue weighted by Gasteiger charge is 2.25. The fraction of sp³-hybridized carbons (Fsp3) is 0.811. The number of carbonyl (C=O) groups is 3. The number of rotatable bonds is 80. The predicted octanol–water partition coefficient (Wildman–Crippen LogP) is 27.7. The molecule has 0 radical (unpaired) electrons. The molecule has 9 nitrogen and oxygen atoms in total. The number of likely N-dealkylation sites (N-methyl/N-ethyl adjacent to an activating group) is 1. The summed E-state index contributed by atoms with van der Waals surface area (Å²) in [4.78, 5) is 37.8. The molecule has 0 aliphatic heterocycles. The molecule has 0 saturated carbocycles. The number of ether oxygens (including phenoxy) is 4. The summed E-state index contributed by atoms with van der Waals surface area (Å²) in [6, 6.07) is 0. The number of carboxylic acid groups (broad SMARTS) is 1. The number of carbonyl (C=O) groups excluding carboxylic acids is 2. The Labute approximate surface area is 614 Å². The first kappa shape index (κ1) is 95.5. The van der Waals surface area contributed by atoms with E-state index in [9.17, 15) is 19.5 Å². The third-order valence-electron chi connectivity index (χ3n) is 19.1. The van der Waals surface area contributed by atoms with Gasteiger partial charge in [-0.25, -0.2) is 4.79 Å². The summed E-state index contributed by atoms with van der Waals surface area (Å²) in [5.74, 6) is -1.97. The molecule has 0 heterocycles. The molecule has 2 unspecified atom stereocenters. The van der Waals surface area contributed by atoms with E-state index < -0.39 is 18.4 Å². The first-order valence-corrected chi connectivity index (χ1v) is 42.8. The molecule has 576 valence electrons. The summed E-state index contributed by atoms with van der Waals surface area (Å²) in [6.45, 7) is 4.83. The molecule has 0 saturated heterocycles. The average molecular weight is 1390 g/mol. The summed E-state index contributed by atoms with van der Waals surface area (Å²) < 4.78 is 23.1. The van der Waals surface area contributed by atoms with Crippen molar-refractivity contribution in [1.29, 1.82) is 0 Å². The highest BCUT2D eigenvalue weighted by Crippen LogP contribution is 2.20. The fourth-order valence-corrected chi connectivity index (χ4v) is 12.7. The van der Waals surface area contributed by atoms with E-state index in [1.807, 2.05) is 21.1 Å². The highest BCUT2D eigenvalue weighted by atomic mass is 16.7. The van der Waals surface area contributed by atoms with Gasteiger partial charge in [0.1, 0.15) is 13.2 Å². The van der Waals surface area contributed by atoms with Crippen LogP contribution in [0.3, 0.4) is 0 Å².